The van der Waals surface area contributed by atoms with Crippen LogP contribution in [0.5, 0.6) is 5.75 Å². The zero-order chi connectivity index (χ0) is 15.4. The van der Waals surface area contributed by atoms with E-state index < -0.39 is 5.82 Å². The molecule has 0 aromatic heterocycles. The smallest absolute Gasteiger partial charge is 0.256 e. The van der Waals surface area contributed by atoms with E-state index in [-0.39, 0.29) is 11.5 Å². The fourth-order valence-electron chi connectivity index (χ4n) is 1.95. The molecule has 21 heavy (non-hydrogen) atoms. The van der Waals surface area contributed by atoms with Crippen molar-refractivity contribution in [1.82, 2.24) is 4.90 Å². The van der Waals surface area contributed by atoms with E-state index in [9.17, 15) is 9.18 Å². The van der Waals surface area contributed by atoms with Gasteiger partial charge in [-0.1, -0.05) is 28.1 Å². The summed E-state index contributed by atoms with van der Waals surface area (Å²) in [6.07, 6.45) is 0. The van der Waals surface area contributed by atoms with E-state index in [2.05, 4.69) is 15.9 Å². The fourth-order valence-corrected chi connectivity index (χ4v) is 2.28. The zero-order valence-electron chi connectivity index (χ0n) is 11.8. The Bertz CT molecular complexity index is 643. The van der Waals surface area contributed by atoms with Crippen LogP contribution in [-0.4, -0.2) is 25.0 Å². The minimum atomic E-state index is -0.532. The van der Waals surface area contributed by atoms with Crippen molar-refractivity contribution in [3.05, 3.63) is 63.9 Å². The lowest BCUT2D eigenvalue weighted by Crippen LogP contribution is -2.27. The summed E-state index contributed by atoms with van der Waals surface area (Å²) in [6.45, 7) is 0.401. The van der Waals surface area contributed by atoms with Gasteiger partial charge >= 0.3 is 0 Å². The summed E-state index contributed by atoms with van der Waals surface area (Å²) in [4.78, 5) is 13.7. The van der Waals surface area contributed by atoms with Crippen molar-refractivity contribution in [1.29, 1.82) is 0 Å². The molecule has 0 saturated heterocycles. The van der Waals surface area contributed by atoms with Crippen LogP contribution >= 0.6 is 15.9 Å². The van der Waals surface area contributed by atoms with Gasteiger partial charge in [0.2, 0.25) is 0 Å². The van der Waals surface area contributed by atoms with Gasteiger partial charge in [-0.3, -0.25) is 4.79 Å². The normalized spacial score (nSPS) is 10.3. The summed E-state index contributed by atoms with van der Waals surface area (Å²) >= 11 is 3.17. The SMILES string of the molecule is COc1ccc(CN(C)C(=O)c2ccc(Br)cc2F)cc1. The maximum absolute atomic E-state index is 13.8. The summed E-state index contributed by atoms with van der Waals surface area (Å²) in [7, 11) is 3.25. The van der Waals surface area contributed by atoms with Crippen LogP contribution in [0.25, 0.3) is 0 Å². The molecule has 0 fully saturated rings. The van der Waals surface area contributed by atoms with Gasteiger partial charge < -0.3 is 9.64 Å². The zero-order valence-corrected chi connectivity index (χ0v) is 13.4. The first-order chi connectivity index (χ1) is 10.0. The highest BCUT2D eigenvalue weighted by Gasteiger charge is 2.16. The molecule has 0 heterocycles. The van der Waals surface area contributed by atoms with Gasteiger partial charge in [-0.2, -0.15) is 0 Å². The van der Waals surface area contributed by atoms with Crippen LogP contribution in [0.4, 0.5) is 4.39 Å². The Hall–Kier alpha value is -1.88. The third-order valence-electron chi connectivity index (χ3n) is 3.09. The van der Waals surface area contributed by atoms with E-state index in [1.54, 1.807) is 20.2 Å². The lowest BCUT2D eigenvalue weighted by Gasteiger charge is -2.18. The largest absolute Gasteiger partial charge is 0.497 e. The number of ether oxygens (including phenoxy) is 1. The lowest BCUT2D eigenvalue weighted by molar-refractivity contribution is 0.0780. The summed E-state index contributed by atoms with van der Waals surface area (Å²) in [5.74, 6) is -0.126. The Morgan fingerprint density at radius 1 is 1.24 bits per heavy atom. The molecule has 3 nitrogen and oxygen atoms in total. The Kier molecular flexibility index (Phi) is 4.96. The molecule has 0 bridgehead atoms. The Morgan fingerprint density at radius 3 is 2.48 bits per heavy atom. The number of carbonyl (C=O) groups excluding carboxylic acids is 1. The average molecular weight is 352 g/mol. The molecule has 0 aliphatic heterocycles. The summed E-state index contributed by atoms with van der Waals surface area (Å²) in [5, 5.41) is 0. The van der Waals surface area contributed by atoms with Crippen molar-refractivity contribution < 1.29 is 13.9 Å². The molecule has 0 aliphatic carbocycles. The highest BCUT2D eigenvalue weighted by atomic mass is 79.9. The summed E-state index contributed by atoms with van der Waals surface area (Å²) in [5.41, 5.74) is 1.01. The summed E-state index contributed by atoms with van der Waals surface area (Å²) < 4.78 is 19.5. The van der Waals surface area contributed by atoms with Crippen LogP contribution in [0.2, 0.25) is 0 Å². The molecule has 1 amide bonds. The number of carbonyl (C=O) groups is 1. The molecule has 2 aromatic rings. The molecule has 2 aromatic carbocycles. The number of rotatable bonds is 4. The van der Waals surface area contributed by atoms with E-state index in [0.29, 0.717) is 11.0 Å². The van der Waals surface area contributed by atoms with Gasteiger partial charge in [-0.15, -0.1) is 0 Å². The molecule has 0 unspecified atom stereocenters. The van der Waals surface area contributed by atoms with Crippen LogP contribution in [-0.2, 0) is 6.54 Å². The molecular weight excluding hydrogens is 337 g/mol. The van der Waals surface area contributed by atoms with Crippen molar-refractivity contribution in [3.8, 4) is 5.75 Å². The average Bonchev–Trinajstić information content (AvgIpc) is 2.47. The van der Waals surface area contributed by atoms with Crippen molar-refractivity contribution in [2.45, 2.75) is 6.54 Å². The lowest BCUT2D eigenvalue weighted by atomic mass is 10.1. The second-order valence-electron chi connectivity index (χ2n) is 4.63. The predicted octanol–water partition coefficient (Wildman–Crippen LogP) is 3.87. The minimum absolute atomic E-state index is 0.0641. The van der Waals surface area contributed by atoms with E-state index in [1.807, 2.05) is 24.3 Å². The van der Waals surface area contributed by atoms with Gasteiger partial charge in [-0.05, 0) is 35.9 Å². The fraction of sp³-hybridized carbons (Fsp3) is 0.188. The maximum atomic E-state index is 13.8. The van der Waals surface area contributed by atoms with Crippen molar-refractivity contribution >= 4 is 21.8 Å². The number of nitrogens with zero attached hydrogens (tertiary/aromatic N) is 1. The number of hydrogen-bond donors (Lipinski definition) is 0. The third-order valence-corrected chi connectivity index (χ3v) is 3.58. The second kappa shape index (κ2) is 6.72. The molecule has 110 valence electrons. The van der Waals surface area contributed by atoms with E-state index >= 15 is 0 Å². The van der Waals surface area contributed by atoms with E-state index in [1.165, 1.54) is 17.0 Å². The molecule has 0 saturated carbocycles. The number of methoxy groups -OCH3 is 1. The van der Waals surface area contributed by atoms with Crippen molar-refractivity contribution in [2.75, 3.05) is 14.2 Å². The topological polar surface area (TPSA) is 29.5 Å². The second-order valence-corrected chi connectivity index (χ2v) is 5.55. The predicted molar refractivity (Wildman–Crippen MR) is 82.9 cm³/mol. The van der Waals surface area contributed by atoms with Gasteiger partial charge in [0.15, 0.2) is 0 Å². The van der Waals surface area contributed by atoms with E-state index in [4.69, 9.17) is 4.74 Å². The Balaban J connectivity index is 2.11. The number of benzene rings is 2. The molecule has 5 heteroatoms. The molecule has 0 atom stereocenters. The van der Waals surface area contributed by atoms with Gasteiger partial charge in [-0.25, -0.2) is 4.39 Å². The Morgan fingerprint density at radius 2 is 1.90 bits per heavy atom. The molecular formula is C16H15BrFNO2. The van der Waals surface area contributed by atoms with Gasteiger partial charge in [0.1, 0.15) is 11.6 Å². The maximum Gasteiger partial charge on any atom is 0.256 e. The Labute approximate surface area is 131 Å². The van der Waals surface area contributed by atoms with Crippen molar-refractivity contribution in [2.24, 2.45) is 0 Å². The standard InChI is InChI=1S/C16H15BrFNO2/c1-19(10-11-3-6-13(21-2)7-4-11)16(20)14-8-5-12(17)9-15(14)18/h3-9H,10H2,1-2H3. The highest BCUT2D eigenvalue weighted by molar-refractivity contribution is 9.10. The van der Waals surface area contributed by atoms with Crippen LogP contribution in [0.3, 0.4) is 0 Å². The number of halogens is 2. The van der Waals surface area contributed by atoms with Gasteiger partial charge in [0.05, 0.1) is 12.7 Å². The molecule has 0 radical (unpaired) electrons. The molecule has 0 N–H and O–H groups in total. The molecule has 0 spiro atoms. The molecule has 0 aliphatic rings. The third kappa shape index (κ3) is 3.82. The van der Waals surface area contributed by atoms with Crippen LogP contribution in [0, 0.1) is 5.82 Å². The van der Waals surface area contributed by atoms with Crippen LogP contribution in [0.1, 0.15) is 15.9 Å². The monoisotopic (exact) mass is 351 g/mol. The van der Waals surface area contributed by atoms with Crippen LogP contribution < -0.4 is 4.74 Å². The van der Waals surface area contributed by atoms with E-state index in [0.717, 1.165) is 11.3 Å². The highest BCUT2D eigenvalue weighted by Crippen LogP contribution is 2.18. The number of amides is 1. The summed E-state index contributed by atoms with van der Waals surface area (Å²) in [6, 6.07) is 11.8. The quantitative estimate of drug-likeness (QED) is 0.836. The molecule has 2 rings (SSSR count). The first kappa shape index (κ1) is 15.5. The van der Waals surface area contributed by atoms with Gasteiger partial charge in [0, 0.05) is 18.1 Å². The van der Waals surface area contributed by atoms with Crippen molar-refractivity contribution in [3.63, 3.8) is 0 Å². The minimum Gasteiger partial charge on any atom is -0.497 e. The van der Waals surface area contributed by atoms with Crippen LogP contribution in [0.15, 0.2) is 46.9 Å². The van der Waals surface area contributed by atoms with Gasteiger partial charge in [0.25, 0.3) is 5.91 Å². The first-order valence-corrected chi connectivity index (χ1v) is 7.14. The number of hydrogen-bond acceptors (Lipinski definition) is 2. The first-order valence-electron chi connectivity index (χ1n) is 6.34.